The van der Waals surface area contributed by atoms with E-state index in [4.69, 9.17) is 10.4 Å². The maximum atomic E-state index is 9.50. The second-order valence-corrected chi connectivity index (χ2v) is 6.92. The first-order valence-electron chi connectivity index (χ1n) is 6.54. The summed E-state index contributed by atoms with van der Waals surface area (Å²) in [6, 6.07) is 8.12. The van der Waals surface area contributed by atoms with Gasteiger partial charge in [0.05, 0.1) is 18.2 Å². The van der Waals surface area contributed by atoms with Crippen LogP contribution in [0.3, 0.4) is 0 Å². The Morgan fingerprint density at radius 1 is 1.23 bits per heavy atom. The SMILES string of the molecule is CC(C(P)P)n1c(-c2nonc2N)nc2ccccc21.CF. The van der Waals surface area contributed by atoms with Crippen LogP contribution in [-0.2, 0) is 0 Å². The lowest BCUT2D eigenvalue weighted by Gasteiger charge is -2.20. The molecule has 0 radical (unpaired) electrons. The van der Waals surface area contributed by atoms with Gasteiger partial charge in [-0.15, -0.1) is 18.5 Å². The minimum absolute atomic E-state index is 0.184. The fraction of sp³-hybridized carbons (Fsp3) is 0.308. The van der Waals surface area contributed by atoms with Gasteiger partial charge in [0.1, 0.15) is 0 Å². The van der Waals surface area contributed by atoms with Gasteiger partial charge >= 0.3 is 0 Å². The third kappa shape index (κ3) is 2.96. The van der Waals surface area contributed by atoms with Gasteiger partial charge in [0.25, 0.3) is 0 Å². The Balaban J connectivity index is 0.000000847. The van der Waals surface area contributed by atoms with E-state index in [2.05, 4.69) is 45.3 Å². The first kappa shape index (κ1) is 16.8. The van der Waals surface area contributed by atoms with Crippen LogP contribution < -0.4 is 5.73 Å². The molecule has 0 spiro atoms. The van der Waals surface area contributed by atoms with E-state index >= 15 is 0 Å². The Morgan fingerprint density at radius 2 is 1.91 bits per heavy atom. The highest BCUT2D eigenvalue weighted by Crippen LogP contribution is 2.34. The molecular formula is C13H18FN5OP2. The standard InChI is InChI=1S/C12H15N5OP2.CH3F/c1-6(12(19)20)17-8-5-3-2-4-7(8)14-11(17)9-10(13)16-18-15-9;1-2/h2-6,12H,19-20H2,1H3,(H2,13,16);1H3. The quantitative estimate of drug-likeness (QED) is 0.741. The number of aromatic nitrogens is 4. The van der Waals surface area contributed by atoms with Gasteiger partial charge in [-0.2, -0.15) is 0 Å². The molecule has 0 saturated carbocycles. The normalized spacial score (nSPS) is 12.3. The van der Waals surface area contributed by atoms with Crippen molar-refractivity contribution in [1.82, 2.24) is 19.9 Å². The third-order valence-corrected chi connectivity index (χ3v) is 4.40. The topological polar surface area (TPSA) is 82.8 Å². The number of imidazole rings is 1. The van der Waals surface area contributed by atoms with Crippen LogP contribution in [0.5, 0.6) is 0 Å². The van der Waals surface area contributed by atoms with Gasteiger partial charge in [-0.1, -0.05) is 12.1 Å². The van der Waals surface area contributed by atoms with E-state index in [9.17, 15) is 4.39 Å². The number of hydrogen-bond donors (Lipinski definition) is 1. The van der Waals surface area contributed by atoms with Crippen molar-refractivity contribution in [2.75, 3.05) is 12.9 Å². The predicted molar refractivity (Wildman–Crippen MR) is 92.4 cm³/mol. The molecule has 0 amide bonds. The lowest BCUT2D eigenvalue weighted by Crippen LogP contribution is -2.13. The molecule has 1 aromatic carbocycles. The van der Waals surface area contributed by atoms with Gasteiger partial charge in [0.2, 0.25) is 0 Å². The van der Waals surface area contributed by atoms with E-state index in [0.717, 1.165) is 11.0 Å². The van der Waals surface area contributed by atoms with Gasteiger partial charge in [0, 0.05) is 11.4 Å². The van der Waals surface area contributed by atoms with Crippen molar-refractivity contribution in [1.29, 1.82) is 0 Å². The van der Waals surface area contributed by atoms with Crippen molar-refractivity contribution in [3.8, 4) is 11.5 Å². The summed E-state index contributed by atoms with van der Waals surface area (Å²) in [4.78, 5) is 4.62. The number of halogens is 1. The fourth-order valence-corrected chi connectivity index (χ4v) is 2.49. The molecule has 3 unspecified atom stereocenters. The van der Waals surface area contributed by atoms with E-state index in [1.165, 1.54) is 0 Å². The van der Waals surface area contributed by atoms with Crippen molar-refractivity contribution in [2.45, 2.75) is 18.4 Å². The van der Waals surface area contributed by atoms with E-state index in [1.807, 2.05) is 24.3 Å². The summed E-state index contributed by atoms with van der Waals surface area (Å²) >= 11 is 0. The minimum atomic E-state index is 0.184. The second-order valence-electron chi connectivity index (χ2n) is 4.61. The average Bonchev–Trinajstić information content (AvgIpc) is 3.11. The van der Waals surface area contributed by atoms with E-state index < -0.39 is 0 Å². The van der Waals surface area contributed by atoms with Gasteiger partial charge in [-0.3, -0.25) is 4.39 Å². The fourth-order valence-electron chi connectivity index (χ4n) is 2.15. The van der Waals surface area contributed by atoms with Crippen molar-refractivity contribution >= 4 is 35.3 Å². The Kier molecular flexibility index (Phi) is 5.43. The lowest BCUT2D eigenvalue weighted by atomic mass is 10.3. The Bertz CT molecular complexity index is 758. The zero-order valence-corrected chi connectivity index (χ0v) is 14.6. The third-order valence-electron chi connectivity index (χ3n) is 3.29. The molecule has 2 heterocycles. The molecule has 22 heavy (non-hydrogen) atoms. The van der Waals surface area contributed by atoms with Crippen LogP contribution in [0.1, 0.15) is 13.0 Å². The summed E-state index contributed by atoms with van der Waals surface area (Å²) < 4.78 is 16.3. The number of alkyl halides is 1. The number of nitrogen functional groups attached to an aromatic ring is 1. The number of nitrogens with two attached hydrogens (primary N) is 1. The second kappa shape index (κ2) is 7.12. The summed E-state index contributed by atoms with van der Waals surface area (Å²) in [7, 11) is 6.06. The highest BCUT2D eigenvalue weighted by molar-refractivity contribution is 7.37. The summed E-state index contributed by atoms with van der Waals surface area (Å²) in [5.74, 6) is 0.921. The van der Waals surface area contributed by atoms with E-state index in [-0.39, 0.29) is 17.3 Å². The maximum Gasteiger partial charge on any atom is 0.199 e. The Hall–Kier alpha value is -1.58. The molecule has 2 N–H and O–H groups in total. The number of nitrogens with zero attached hydrogens (tertiary/aromatic N) is 4. The Labute approximate surface area is 132 Å². The van der Waals surface area contributed by atoms with Crippen molar-refractivity contribution in [3.05, 3.63) is 24.3 Å². The summed E-state index contributed by atoms with van der Waals surface area (Å²) in [5.41, 5.74) is 8.21. The summed E-state index contributed by atoms with van der Waals surface area (Å²) in [6.07, 6.45) is 0. The van der Waals surface area contributed by atoms with Gasteiger partial charge in [0.15, 0.2) is 17.3 Å². The van der Waals surface area contributed by atoms with Gasteiger partial charge in [-0.05, 0) is 29.4 Å². The van der Waals surface area contributed by atoms with Crippen molar-refractivity contribution < 1.29 is 9.02 Å². The van der Waals surface area contributed by atoms with E-state index in [1.54, 1.807) is 0 Å². The van der Waals surface area contributed by atoms with Gasteiger partial charge < -0.3 is 10.3 Å². The van der Waals surface area contributed by atoms with Crippen LogP contribution in [0.15, 0.2) is 28.9 Å². The molecule has 0 aliphatic rings. The molecule has 3 aromatic rings. The minimum Gasteiger partial charge on any atom is -0.379 e. The summed E-state index contributed by atoms with van der Waals surface area (Å²) in [6.45, 7) is 2.12. The number of rotatable bonds is 3. The number of fused-ring (bicyclic) bond motifs is 1. The monoisotopic (exact) mass is 341 g/mol. The summed E-state index contributed by atoms with van der Waals surface area (Å²) in [5, 5.41) is 7.80. The highest BCUT2D eigenvalue weighted by atomic mass is 31.1. The smallest absolute Gasteiger partial charge is 0.199 e. The van der Waals surface area contributed by atoms with E-state index in [0.29, 0.717) is 18.7 Å². The molecule has 3 atom stereocenters. The zero-order chi connectivity index (χ0) is 16.3. The molecule has 0 fully saturated rings. The molecule has 2 aromatic heterocycles. The first-order chi connectivity index (χ1) is 10.6. The highest BCUT2D eigenvalue weighted by Gasteiger charge is 2.23. The molecule has 0 saturated heterocycles. The largest absolute Gasteiger partial charge is 0.379 e. The lowest BCUT2D eigenvalue weighted by molar-refractivity contribution is 0.310. The predicted octanol–water partition coefficient (Wildman–Crippen LogP) is 2.89. The number of benzene rings is 1. The molecule has 0 bridgehead atoms. The molecule has 9 heteroatoms. The van der Waals surface area contributed by atoms with Gasteiger partial charge in [-0.25, -0.2) is 9.61 Å². The molecule has 3 rings (SSSR count). The number of hydrogen-bond acceptors (Lipinski definition) is 5. The van der Waals surface area contributed by atoms with Crippen LogP contribution in [0.4, 0.5) is 10.2 Å². The molecule has 6 nitrogen and oxygen atoms in total. The number of anilines is 1. The van der Waals surface area contributed by atoms with Crippen LogP contribution in [0.25, 0.3) is 22.6 Å². The maximum absolute atomic E-state index is 9.50. The van der Waals surface area contributed by atoms with Crippen molar-refractivity contribution in [2.24, 2.45) is 0 Å². The number of para-hydroxylation sites is 2. The molecule has 0 aliphatic heterocycles. The zero-order valence-electron chi connectivity index (χ0n) is 12.3. The van der Waals surface area contributed by atoms with Crippen LogP contribution in [0.2, 0.25) is 0 Å². The molecular weight excluding hydrogens is 323 g/mol. The van der Waals surface area contributed by atoms with Crippen LogP contribution in [0, 0.1) is 0 Å². The van der Waals surface area contributed by atoms with Crippen molar-refractivity contribution in [3.63, 3.8) is 0 Å². The Morgan fingerprint density at radius 3 is 2.50 bits per heavy atom. The average molecular weight is 341 g/mol. The molecule has 118 valence electrons. The van der Waals surface area contributed by atoms with Crippen LogP contribution in [-0.4, -0.2) is 32.4 Å². The first-order valence-corrected chi connectivity index (χ1v) is 7.87. The van der Waals surface area contributed by atoms with Crippen LogP contribution >= 0.6 is 18.5 Å². The molecule has 0 aliphatic carbocycles.